The van der Waals surface area contributed by atoms with Gasteiger partial charge >= 0.3 is 5.97 Å². The number of aromatic nitrogens is 1. The van der Waals surface area contributed by atoms with Gasteiger partial charge in [-0.25, -0.2) is 4.79 Å². The smallest absolute Gasteiger partial charge is 0.327 e. The first-order valence-corrected chi connectivity index (χ1v) is 9.72. The molecule has 2 fully saturated rings. The quantitative estimate of drug-likeness (QED) is 0.307. The summed E-state index contributed by atoms with van der Waals surface area (Å²) >= 11 is 0. The van der Waals surface area contributed by atoms with Crippen molar-refractivity contribution < 1.29 is 19.5 Å². The van der Waals surface area contributed by atoms with E-state index in [1.807, 2.05) is 13.8 Å². The van der Waals surface area contributed by atoms with Gasteiger partial charge in [0.05, 0.1) is 11.7 Å². The van der Waals surface area contributed by atoms with Crippen LogP contribution in [0.5, 0.6) is 0 Å². The first-order chi connectivity index (χ1) is 13.3. The summed E-state index contributed by atoms with van der Waals surface area (Å²) in [6.45, 7) is 4.38. The molecular formula is C21H27N3O4. The average Bonchev–Trinajstić information content (AvgIpc) is 2.91. The Morgan fingerprint density at radius 3 is 2.79 bits per heavy atom. The number of ketones is 1. The molecule has 1 amide bonds. The number of rotatable bonds is 8. The molecule has 3 heterocycles. The number of carboxylic acids is 1. The number of hydrogen-bond acceptors (Lipinski definition) is 5. The van der Waals surface area contributed by atoms with E-state index in [0.29, 0.717) is 36.2 Å². The van der Waals surface area contributed by atoms with Gasteiger partial charge in [0.2, 0.25) is 0 Å². The second kappa shape index (κ2) is 7.83. The molecule has 28 heavy (non-hydrogen) atoms. The molecule has 1 unspecified atom stereocenters. The van der Waals surface area contributed by atoms with Crippen LogP contribution in [0.2, 0.25) is 0 Å². The maximum atomic E-state index is 12.6. The van der Waals surface area contributed by atoms with E-state index in [2.05, 4.69) is 4.98 Å². The van der Waals surface area contributed by atoms with Crippen LogP contribution in [0.15, 0.2) is 23.9 Å². The third kappa shape index (κ3) is 3.71. The van der Waals surface area contributed by atoms with Crippen molar-refractivity contribution in [3.63, 3.8) is 0 Å². The Bertz CT molecular complexity index is 831. The summed E-state index contributed by atoms with van der Waals surface area (Å²) in [4.78, 5) is 42.2. The van der Waals surface area contributed by atoms with Crippen LogP contribution in [0.4, 0.5) is 0 Å². The fourth-order valence-electron chi connectivity index (χ4n) is 4.23. The number of carboxylic acid groups (broad SMARTS) is 1. The summed E-state index contributed by atoms with van der Waals surface area (Å²) < 4.78 is 0. The van der Waals surface area contributed by atoms with E-state index >= 15 is 0 Å². The molecule has 2 aliphatic rings. The van der Waals surface area contributed by atoms with Crippen LogP contribution in [-0.4, -0.2) is 51.3 Å². The number of β-lactam (4-membered cyclic amide) rings is 1. The molecule has 1 aromatic rings. The van der Waals surface area contributed by atoms with Crippen LogP contribution >= 0.6 is 0 Å². The van der Waals surface area contributed by atoms with Crippen molar-refractivity contribution in [1.29, 1.82) is 0 Å². The molecule has 3 rings (SSSR count). The third-order valence-electron chi connectivity index (χ3n) is 5.66. The molecule has 0 saturated carbocycles. The number of Topliss-reactive ketones (excluding diaryl/α,β-unsaturated/α-hetero) is 1. The standard InChI is InChI=1S/C21H27N3O4/c1-21(2)12-16-15(19(26)24(16)18(21)20(27)28)11-14-10-13(7-9-23-14)17(25)6-4-3-5-8-22/h7,9-11,16,18H,3-6,8,12,22H2,1-2H3,(H,27,28)/b15-11+/t16?,18-/m0/s1. The third-order valence-corrected chi connectivity index (χ3v) is 5.66. The predicted molar refractivity (Wildman–Crippen MR) is 105 cm³/mol. The topological polar surface area (TPSA) is 114 Å². The minimum Gasteiger partial charge on any atom is -0.480 e. The molecule has 2 aliphatic heterocycles. The summed E-state index contributed by atoms with van der Waals surface area (Å²) in [6.07, 6.45) is 6.96. The van der Waals surface area contributed by atoms with Crippen molar-refractivity contribution in [2.75, 3.05) is 6.54 Å². The summed E-state index contributed by atoms with van der Waals surface area (Å²) in [5.74, 6) is -1.18. The molecule has 0 radical (unpaired) electrons. The molecule has 150 valence electrons. The van der Waals surface area contributed by atoms with Gasteiger partial charge in [-0.15, -0.1) is 0 Å². The number of amides is 1. The van der Waals surface area contributed by atoms with Gasteiger partial charge < -0.3 is 15.7 Å². The number of pyridine rings is 1. The highest BCUT2D eigenvalue weighted by Crippen LogP contribution is 2.49. The zero-order chi connectivity index (χ0) is 20.5. The van der Waals surface area contributed by atoms with Crippen LogP contribution in [-0.2, 0) is 9.59 Å². The Kier molecular flexibility index (Phi) is 5.65. The molecule has 0 aliphatic carbocycles. The summed E-state index contributed by atoms with van der Waals surface area (Å²) in [7, 11) is 0. The van der Waals surface area contributed by atoms with Gasteiger partial charge in [-0.2, -0.15) is 0 Å². The highest BCUT2D eigenvalue weighted by Gasteiger charge is 2.60. The number of carbonyl (C=O) groups excluding carboxylic acids is 2. The van der Waals surface area contributed by atoms with Crippen molar-refractivity contribution >= 4 is 23.7 Å². The minimum atomic E-state index is -0.972. The minimum absolute atomic E-state index is 0.0496. The SMILES string of the molecule is CC1(C)CC2/C(=C\c3cc(C(=O)CCCCCN)ccn3)C(=O)N2[C@H]1C(=O)O. The van der Waals surface area contributed by atoms with Crippen LogP contribution in [0.25, 0.3) is 6.08 Å². The Hall–Kier alpha value is -2.54. The van der Waals surface area contributed by atoms with Crippen molar-refractivity contribution in [2.24, 2.45) is 11.1 Å². The van der Waals surface area contributed by atoms with E-state index < -0.39 is 17.4 Å². The number of carbonyl (C=O) groups is 3. The highest BCUT2D eigenvalue weighted by atomic mass is 16.4. The monoisotopic (exact) mass is 385 g/mol. The van der Waals surface area contributed by atoms with E-state index in [0.717, 1.165) is 19.3 Å². The maximum Gasteiger partial charge on any atom is 0.327 e. The average molecular weight is 385 g/mol. The van der Waals surface area contributed by atoms with Crippen LogP contribution in [0.3, 0.4) is 0 Å². The van der Waals surface area contributed by atoms with Gasteiger partial charge in [0.1, 0.15) is 6.04 Å². The van der Waals surface area contributed by atoms with Crippen molar-refractivity contribution in [2.45, 2.75) is 58.0 Å². The molecule has 7 nitrogen and oxygen atoms in total. The second-order valence-electron chi connectivity index (χ2n) is 8.25. The lowest BCUT2D eigenvalue weighted by molar-refractivity contribution is -0.154. The molecule has 2 atom stereocenters. The Morgan fingerprint density at radius 2 is 2.11 bits per heavy atom. The first-order valence-electron chi connectivity index (χ1n) is 9.72. The fourth-order valence-corrected chi connectivity index (χ4v) is 4.23. The van der Waals surface area contributed by atoms with Crippen molar-refractivity contribution in [3.8, 4) is 0 Å². The summed E-state index contributed by atoms with van der Waals surface area (Å²) in [5, 5.41) is 9.50. The number of aliphatic carboxylic acids is 1. The van der Waals surface area contributed by atoms with E-state index in [1.165, 1.54) is 4.90 Å². The first kappa shape index (κ1) is 20.2. The lowest BCUT2D eigenvalue weighted by Gasteiger charge is -2.40. The fraction of sp³-hybridized carbons (Fsp3) is 0.524. The molecule has 0 spiro atoms. The lowest BCUT2D eigenvalue weighted by atomic mass is 9.83. The zero-order valence-corrected chi connectivity index (χ0v) is 16.4. The summed E-state index contributed by atoms with van der Waals surface area (Å²) in [5.41, 5.74) is 6.67. The molecule has 2 saturated heterocycles. The lowest BCUT2D eigenvalue weighted by Crippen LogP contribution is -2.57. The summed E-state index contributed by atoms with van der Waals surface area (Å²) in [6, 6.07) is 2.36. The van der Waals surface area contributed by atoms with Crippen LogP contribution < -0.4 is 5.73 Å². The van der Waals surface area contributed by atoms with E-state index in [-0.39, 0.29) is 17.7 Å². The normalized spacial score (nSPS) is 24.2. The van der Waals surface area contributed by atoms with Gasteiger partial charge in [0.15, 0.2) is 5.78 Å². The predicted octanol–water partition coefficient (Wildman–Crippen LogP) is 2.26. The molecule has 3 N–H and O–H groups in total. The highest BCUT2D eigenvalue weighted by molar-refractivity contribution is 6.08. The second-order valence-corrected chi connectivity index (χ2v) is 8.25. The molecule has 0 aromatic carbocycles. The number of fused-ring (bicyclic) bond motifs is 1. The Labute approximate surface area is 164 Å². The number of hydrogen-bond donors (Lipinski definition) is 2. The van der Waals surface area contributed by atoms with Crippen LogP contribution in [0.1, 0.15) is 62.0 Å². The Balaban J connectivity index is 1.74. The van der Waals surface area contributed by atoms with Gasteiger partial charge in [-0.3, -0.25) is 14.6 Å². The van der Waals surface area contributed by atoms with E-state index in [9.17, 15) is 19.5 Å². The largest absolute Gasteiger partial charge is 0.480 e. The number of nitrogens with two attached hydrogens (primary N) is 1. The van der Waals surface area contributed by atoms with E-state index in [1.54, 1.807) is 24.4 Å². The number of unbranched alkanes of at least 4 members (excludes halogenated alkanes) is 2. The number of nitrogens with zero attached hydrogens (tertiary/aromatic N) is 2. The maximum absolute atomic E-state index is 12.6. The van der Waals surface area contributed by atoms with Crippen molar-refractivity contribution in [3.05, 3.63) is 35.2 Å². The van der Waals surface area contributed by atoms with Gasteiger partial charge in [-0.05, 0) is 49.4 Å². The Morgan fingerprint density at radius 1 is 1.36 bits per heavy atom. The van der Waals surface area contributed by atoms with Gasteiger partial charge in [-0.1, -0.05) is 20.3 Å². The molecular weight excluding hydrogens is 358 g/mol. The molecule has 7 heteroatoms. The zero-order valence-electron chi connectivity index (χ0n) is 16.4. The molecule has 0 bridgehead atoms. The molecule has 1 aromatic heterocycles. The van der Waals surface area contributed by atoms with Crippen LogP contribution in [0, 0.1) is 5.41 Å². The van der Waals surface area contributed by atoms with E-state index in [4.69, 9.17) is 5.73 Å². The van der Waals surface area contributed by atoms with Gasteiger partial charge in [0, 0.05) is 23.8 Å². The van der Waals surface area contributed by atoms with Crippen molar-refractivity contribution in [1.82, 2.24) is 9.88 Å². The van der Waals surface area contributed by atoms with Gasteiger partial charge in [0.25, 0.3) is 5.91 Å².